The molecule has 2 heteroatoms. The van der Waals surface area contributed by atoms with Crippen molar-refractivity contribution in [1.29, 1.82) is 0 Å². The molecule has 2 rings (SSSR count). The van der Waals surface area contributed by atoms with Crippen molar-refractivity contribution in [2.45, 2.75) is 46.5 Å². The van der Waals surface area contributed by atoms with Gasteiger partial charge in [-0.25, -0.2) is 0 Å². The lowest BCUT2D eigenvalue weighted by Crippen LogP contribution is -2.06. The zero-order valence-corrected chi connectivity index (χ0v) is 13.1. The van der Waals surface area contributed by atoms with Crippen molar-refractivity contribution in [3.63, 3.8) is 0 Å². The van der Waals surface area contributed by atoms with Crippen molar-refractivity contribution in [1.82, 2.24) is 0 Å². The van der Waals surface area contributed by atoms with Gasteiger partial charge in [-0.05, 0) is 56.7 Å². The molecule has 0 radical (unpaired) electrons. The van der Waals surface area contributed by atoms with E-state index in [1.54, 1.807) is 0 Å². The topological polar surface area (TPSA) is 30.2 Å². The Bertz CT molecular complexity index is 647. The Balaban J connectivity index is 2.36. The van der Waals surface area contributed by atoms with Crippen molar-refractivity contribution >= 4 is 11.9 Å². The van der Waals surface area contributed by atoms with Crippen LogP contribution in [-0.4, -0.2) is 5.78 Å². The molecule has 0 aromatic carbocycles. The number of allylic oxidation sites excluding steroid dienone is 2. The van der Waals surface area contributed by atoms with Crippen molar-refractivity contribution < 1.29 is 9.21 Å². The van der Waals surface area contributed by atoms with Crippen LogP contribution in [0.3, 0.4) is 0 Å². The maximum atomic E-state index is 11.8. The Kier molecular flexibility index (Phi) is 4.85. The molecule has 2 heterocycles. The highest BCUT2D eigenvalue weighted by atomic mass is 16.3. The fourth-order valence-electron chi connectivity index (χ4n) is 2.57. The highest BCUT2D eigenvalue weighted by Gasteiger charge is 2.15. The van der Waals surface area contributed by atoms with E-state index in [9.17, 15) is 4.79 Å². The maximum Gasteiger partial charge on any atom is 0.209 e. The fraction of sp³-hybridized carbons (Fsp3) is 0.421. The third-order valence-corrected chi connectivity index (χ3v) is 3.84. The van der Waals surface area contributed by atoms with Crippen LogP contribution in [0.2, 0.25) is 0 Å². The second-order valence-electron chi connectivity index (χ2n) is 5.93. The van der Waals surface area contributed by atoms with Gasteiger partial charge in [-0.1, -0.05) is 23.6 Å². The van der Waals surface area contributed by atoms with E-state index in [0.29, 0.717) is 12.3 Å². The van der Waals surface area contributed by atoms with Crippen molar-refractivity contribution in [2.75, 3.05) is 0 Å². The second kappa shape index (κ2) is 6.63. The molecular formula is C19H22O2. The van der Waals surface area contributed by atoms with Gasteiger partial charge in [-0.3, -0.25) is 4.79 Å². The number of Topliss-reactive ketones (excluding diaryl/α,β-unsaturated/α-hetero) is 1. The Hall–Kier alpha value is -2.01. The van der Waals surface area contributed by atoms with Crippen LogP contribution in [0.15, 0.2) is 28.2 Å². The number of aryl methyl sites for hydroxylation is 1. The molecule has 2 bridgehead atoms. The first-order chi connectivity index (χ1) is 9.95. The van der Waals surface area contributed by atoms with Gasteiger partial charge >= 0.3 is 0 Å². The Morgan fingerprint density at radius 3 is 2.90 bits per heavy atom. The quantitative estimate of drug-likeness (QED) is 0.432. The van der Waals surface area contributed by atoms with E-state index in [4.69, 9.17) is 4.42 Å². The van der Waals surface area contributed by atoms with Crippen LogP contribution in [0.1, 0.15) is 50.2 Å². The minimum absolute atomic E-state index is 0.0293. The third kappa shape index (κ3) is 4.23. The molecule has 0 N–H and O–H groups in total. The van der Waals surface area contributed by atoms with Gasteiger partial charge in [0.05, 0.1) is 0 Å². The number of carbonyl (C=O) groups is 1. The van der Waals surface area contributed by atoms with Crippen molar-refractivity contribution in [2.24, 2.45) is 5.92 Å². The third-order valence-electron chi connectivity index (χ3n) is 3.84. The summed E-state index contributed by atoms with van der Waals surface area (Å²) in [5, 5.41) is 0. The number of rotatable bonds is 1. The zero-order valence-electron chi connectivity index (χ0n) is 13.1. The molecule has 21 heavy (non-hydrogen) atoms. The Labute approximate surface area is 126 Å². The number of carbonyl (C=O) groups excluding carboxylic acids is 1. The molecule has 0 saturated carbocycles. The first-order valence-electron chi connectivity index (χ1n) is 7.39. The van der Waals surface area contributed by atoms with Gasteiger partial charge < -0.3 is 4.42 Å². The predicted octanol–water partition coefficient (Wildman–Crippen LogP) is 4.48. The minimum Gasteiger partial charge on any atom is -0.461 e. The van der Waals surface area contributed by atoms with Crippen LogP contribution in [0.25, 0.3) is 6.08 Å². The lowest BCUT2D eigenvalue weighted by Gasteiger charge is -2.14. The van der Waals surface area contributed by atoms with Crippen LogP contribution in [0, 0.1) is 24.7 Å². The molecule has 1 aliphatic rings. The van der Waals surface area contributed by atoms with Crippen molar-refractivity contribution in [3.05, 3.63) is 40.9 Å². The van der Waals surface area contributed by atoms with Crippen LogP contribution in [0.4, 0.5) is 0 Å². The number of furan rings is 1. The van der Waals surface area contributed by atoms with Gasteiger partial charge in [0, 0.05) is 19.3 Å². The monoisotopic (exact) mass is 282 g/mol. The number of hydrogen-bond acceptors (Lipinski definition) is 2. The first-order valence-corrected chi connectivity index (χ1v) is 7.39. The van der Waals surface area contributed by atoms with E-state index < -0.39 is 0 Å². The molecule has 0 unspecified atom stereocenters. The van der Waals surface area contributed by atoms with E-state index in [-0.39, 0.29) is 5.78 Å². The van der Waals surface area contributed by atoms with Gasteiger partial charge in [-0.15, -0.1) is 0 Å². The van der Waals surface area contributed by atoms with Crippen LogP contribution >= 0.6 is 0 Å². The minimum atomic E-state index is -0.0293. The smallest absolute Gasteiger partial charge is 0.209 e. The summed E-state index contributed by atoms with van der Waals surface area (Å²) in [7, 11) is 0. The summed E-state index contributed by atoms with van der Waals surface area (Å²) in [5.41, 5.74) is 3.28. The van der Waals surface area contributed by atoms with Crippen molar-refractivity contribution in [3.8, 4) is 11.8 Å². The maximum absolute atomic E-state index is 11.8. The molecule has 0 spiro atoms. The highest BCUT2D eigenvalue weighted by molar-refractivity contribution is 5.97. The van der Waals surface area contributed by atoms with Gasteiger partial charge in [0.2, 0.25) is 5.78 Å². The summed E-state index contributed by atoms with van der Waals surface area (Å²) >= 11 is 0. The zero-order chi connectivity index (χ0) is 15.4. The van der Waals surface area contributed by atoms with E-state index in [1.165, 1.54) is 0 Å². The van der Waals surface area contributed by atoms with Gasteiger partial charge in [0.1, 0.15) is 11.5 Å². The fourth-order valence-corrected chi connectivity index (χ4v) is 2.57. The molecule has 0 saturated heterocycles. The lowest BCUT2D eigenvalue weighted by molar-refractivity contribution is -0.113. The van der Waals surface area contributed by atoms with E-state index in [1.807, 2.05) is 26.0 Å². The lowest BCUT2D eigenvalue weighted by atomic mass is 9.91. The molecule has 1 aromatic rings. The van der Waals surface area contributed by atoms with Crippen LogP contribution in [-0.2, 0) is 11.2 Å². The van der Waals surface area contributed by atoms with Gasteiger partial charge in [-0.2, -0.15) is 0 Å². The molecule has 0 fully saturated rings. The molecule has 0 aliphatic carbocycles. The summed E-state index contributed by atoms with van der Waals surface area (Å²) in [4.78, 5) is 11.8. The largest absolute Gasteiger partial charge is 0.461 e. The number of fused-ring (bicyclic) bond motifs is 2. The van der Waals surface area contributed by atoms with Gasteiger partial charge in [0.25, 0.3) is 0 Å². The van der Waals surface area contributed by atoms with E-state index in [2.05, 4.69) is 25.3 Å². The second-order valence-corrected chi connectivity index (χ2v) is 5.93. The summed E-state index contributed by atoms with van der Waals surface area (Å²) in [6.07, 6.45) is 4.79. The molecule has 0 amide bonds. The molecule has 1 aliphatic heterocycles. The summed E-state index contributed by atoms with van der Waals surface area (Å²) in [6.45, 7) is 10.1. The average molecular weight is 282 g/mol. The standard InChI is InChI=1S/C19H22O2/c1-13(2)16-7-5-6-8-17(20)9-14(3)10-18-11-15(4)19(12-16)21-18/h10-11,16H,1,5,7,9,12H2,2-4H3/b14-10+/t16-/m0/s1. The van der Waals surface area contributed by atoms with Gasteiger partial charge in [0.15, 0.2) is 0 Å². The van der Waals surface area contributed by atoms with E-state index >= 15 is 0 Å². The Morgan fingerprint density at radius 1 is 1.43 bits per heavy atom. The molecule has 2 nitrogen and oxygen atoms in total. The summed E-state index contributed by atoms with van der Waals surface area (Å²) < 4.78 is 5.94. The average Bonchev–Trinajstić information content (AvgIpc) is 2.72. The molecule has 1 atom stereocenters. The van der Waals surface area contributed by atoms with Crippen LogP contribution in [0.5, 0.6) is 0 Å². The predicted molar refractivity (Wildman–Crippen MR) is 85.7 cm³/mol. The first kappa shape index (κ1) is 15.4. The highest BCUT2D eigenvalue weighted by Crippen LogP contribution is 2.26. The van der Waals surface area contributed by atoms with Crippen LogP contribution < -0.4 is 0 Å². The summed E-state index contributed by atoms with van der Waals surface area (Å²) in [5.74, 6) is 7.88. The SMILES string of the molecule is C=C(C)[C@H]1CCC#CC(=O)C/C(C)=C/c2cc(C)c(o2)C1. The molecular weight excluding hydrogens is 260 g/mol. The molecule has 110 valence electrons. The normalized spacial score (nSPS) is 22.0. The number of hydrogen-bond donors (Lipinski definition) is 0. The Morgan fingerprint density at radius 2 is 2.19 bits per heavy atom. The number of ketones is 1. The van der Waals surface area contributed by atoms with E-state index in [0.717, 1.165) is 47.5 Å². The molecule has 1 aromatic heterocycles. The summed E-state index contributed by atoms with van der Waals surface area (Å²) in [6, 6.07) is 2.04.